The molecule has 0 aliphatic carbocycles. The number of rotatable bonds is 5. The van der Waals surface area contributed by atoms with Crippen LogP contribution in [-0.2, 0) is 0 Å². The maximum absolute atomic E-state index is 13.4. The second-order valence-corrected chi connectivity index (χ2v) is 7.45. The standard InChI is InChI=1S/C26H22N2O5/c1-30-17-8-9-19(24(14-17)31-2)22-15-20(18-5-3-4-6-21(18)28-22)26(29)27-16-7-10-23-25(13-16)33-12-11-32-23/h3-10,13-15H,11-12H2,1-2H3,(H,27,29). The fourth-order valence-corrected chi connectivity index (χ4v) is 3.83. The van der Waals surface area contributed by atoms with Crippen LogP contribution in [0, 0.1) is 0 Å². The summed E-state index contributed by atoms with van der Waals surface area (Å²) in [5.74, 6) is 2.31. The molecular weight excluding hydrogens is 420 g/mol. The Morgan fingerprint density at radius 3 is 2.55 bits per heavy atom. The zero-order chi connectivity index (χ0) is 22.8. The van der Waals surface area contributed by atoms with E-state index in [1.807, 2.05) is 36.4 Å². The molecule has 0 unspecified atom stereocenters. The molecule has 33 heavy (non-hydrogen) atoms. The van der Waals surface area contributed by atoms with Crippen molar-refractivity contribution in [3.05, 3.63) is 72.3 Å². The molecule has 1 amide bonds. The van der Waals surface area contributed by atoms with E-state index >= 15 is 0 Å². The smallest absolute Gasteiger partial charge is 0.256 e. The van der Waals surface area contributed by atoms with Gasteiger partial charge in [0, 0.05) is 28.8 Å². The van der Waals surface area contributed by atoms with Gasteiger partial charge in [0.05, 0.1) is 31.0 Å². The van der Waals surface area contributed by atoms with E-state index in [4.69, 9.17) is 23.9 Å². The minimum absolute atomic E-state index is 0.251. The van der Waals surface area contributed by atoms with Crippen molar-refractivity contribution in [3.8, 4) is 34.3 Å². The number of ether oxygens (including phenoxy) is 4. The van der Waals surface area contributed by atoms with Crippen LogP contribution >= 0.6 is 0 Å². The molecule has 1 N–H and O–H groups in total. The molecule has 1 aromatic heterocycles. The van der Waals surface area contributed by atoms with Crippen molar-refractivity contribution in [3.63, 3.8) is 0 Å². The van der Waals surface area contributed by atoms with Crippen molar-refractivity contribution in [1.29, 1.82) is 0 Å². The molecule has 0 atom stereocenters. The van der Waals surface area contributed by atoms with Crippen molar-refractivity contribution in [2.75, 3.05) is 32.8 Å². The van der Waals surface area contributed by atoms with E-state index in [-0.39, 0.29) is 5.91 Å². The third-order valence-electron chi connectivity index (χ3n) is 5.45. The van der Waals surface area contributed by atoms with Crippen molar-refractivity contribution in [2.24, 2.45) is 0 Å². The number of pyridine rings is 1. The Bertz CT molecular complexity index is 1350. The largest absolute Gasteiger partial charge is 0.497 e. The first-order valence-electron chi connectivity index (χ1n) is 10.5. The van der Waals surface area contributed by atoms with E-state index < -0.39 is 0 Å². The van der Waals surface area contributed by atoms with Crippen LogP contribution in [0.5, 0.6) is 23.0 Å². The van der Waals surface area contributed by atoms with E-state index in [0.717, 1.165) is 10.9 Å². The molecule has 0 radical (unpaired) electrons. The molecule has 0 saturated carbocycles. The van der Waals surface area contributed by atoms with Crippen LogP contribution in [0.1, 0.15) is 10.4 Å². The maximum Gasteiger partial charge on any atom is 0.256 e. The van der Waals surface area contributed by atoms with E-state index in [1.165, 1.54) is 0 Å². The number of fused-ring (bicyclic) bond motifs is 2. The molecule has 3 aromatic carbocycles. The predicted molar refractivity (Wildman–Crippen MR) is 126 cm³/mol. The molecule has 2 heterocycles. The summed E-state index contributed by atoms with van der Waals surface area (Å²) in [6.07, 6.45) is 0. The first kappa shape index (κ1) is 20.6. The molecule has 0 saturated heterocycles. The zero-order valence-corrected chi connectivity index (χ0v) is 18.3. The number of methoxy groups -OCH3 is 2. The van der Waals surface area contributed by atoms with Crippen LogP contribution in [-0.4, -0.2) is 38.3 Å². The van der Waals surface area contributed by atoms with Gasteiger partial charge in [-0.15, -0.1) is 0 Å². The number of carbonyl (C=O) groups excluding carboxylic acids is 1. The Morgan fingerprint density at radius 1 is 0.909 bits per heavy atom. The Balaban J connectivity index is 1.56. The number of anilines is 1. The summed E-state index contributed by atoms with van der Waals surface area (Å²) in [7, 11) is 3.19. The van der Waals surface area contributed by atoms with Gasteiger partial charge >= 0.3 is 0 Å². The van der Waals surface area contributed by atoms with E-state index in [0.29, 0.717) is 58.7 Å². The number of carbonyl (C=O) groups is 1. The molecule has 7 heteroatoms. The summed E-state index contributed by atoms with van der Waals surface area (Å²) in [6, 6.07) is 20.2. The number of hydrogen-bond donors (Lipinski definition) is 1. The average Bonchev–Trinajstić information content (AvgIpc) is 2.87. The van der Waals surface area contributed by atoms with Gasteiger partial charge in [-0.25, -0.2) is 4.98 Å². The maximum atomic E-state index is 13.4. The van der Waals surface area contributed by atoms with Gasteiger partial charge in [0.2, 0.25) is 0 Å². The van der Waals surface area contributed by atoms with Gasteiger partial charge < -0.3 is 24.3 Å². The normalized spacial score (nSPS) is 12.3. The zero-order valence-electron chi connectivity index (χ0n) is 18.3. The number of amides is 1. The second-order valence-electron chi connectivity index (χ2n) is 7.45. The van der Waals surface area contributed by atoms with Crippen LogP contribution in [0.3, 0.4) is 0 Å². The Morgan fingerprint density at radius 2 is 1.73 bits per heavy atom. The minimum Gasteiger partial charge on any atom is -0.497 e. The van der Waals surface area contributed by atoms with Crippen molar-refractivity contribution < 1.29 is 23.7 Å². The number of nitrogens with one attached hydrogen (secondary N) is 1. The number of benzene rings is 3. The van der Waals surface area contributed by atoms with Gasteiger partial charge in [-0.1, -0.05) is 18.2 Å². The van der Waals surface area contributed by atoms with Gasteiger partial charge in [-0.3, -0.25) is 4.79 Å². The number of aromatic nitrogens is 1. The van der Waals surface area contributed by atoms with Crippen molar-refractivity contribution >= 4 is 22.5 Å². The lowest BCUT2D eigenvalue weighted by atomic mass is 10.0. The lowest BCUT2D eigenvalue weighted by Crippen LogP contribution is -2.16. The number of para-hydroxylation sites is 1. The SMILES string of the molecule is COc1ccc(-c2cc(C(=O)Nc3ccc4c(c3)OCCO4)c3ccccc3n2)c(OC)c1. The van der Waals surface area contributed by atoms with E-state index in [2.05, 4.69) is 5.32 Å². The molecule has 0 fully saturated rings. The monoisotopic (exact) mass is 442 g/mol. The quantitative estimate of drug-likeness (QED) is 0.472. The molecule has 1 aliphatic heterocycles. The Labute approximate surface area is 190 Å². The summed E-state index contributed by atoms with van der Waals surface area (Å²) in [4.78, 5) is 18.2. The highest BCUT2D eigenvalue weighted by molar-refractivity contribution is 6.13. The van der Waals surface area contributed by atoms with Crippen LogP contribution < -0.4 is 24.3 Å². The highest BCUT2D eigenvalue weighted by Gasteiger charge is 2.18. The highest BCUT2D eigenvalue weighted by atomic mass is 16.6. The van der Waals surface area contributed by atoms with Gasteiger partial charge in [-0.05, 0) is 36.4 Å². The van der Waals surface area contributed by atoms with Crippen LogP contribution in [0.15, 0.2) is 66.7 Å². The lowest BCUT2D eigenvalue weighted by molar-refractivity contribution is 0.102. The van der Waals surface area contributed by atoms with Crippen molar-refractivity contribution in [2.45, 2.75) is 0 Å². The first-order chi connectivity index (χ1) is 16.2. The molecule has 7 nitrogen and oxygen atoms in total. The topological polar surface area (TPSA) is 78.9 Å². The summed E-state index contributed by atoms with van der Waals surface area (Å²) < 4.78 is 22.1. The molecule has 0 spiro atoms. The Hall–Kier alpha value is -4.26. The van der Waals surface area contributed by atoms with E-state index in [9.17, 15) is 4.79 Å². The number of hydrogen-bond acceptors (Lipinski definition) is 6. The molecule has 4 aromatic rings. The third-order valence-corrected chi connectivity index (χ3v) is 5.45. The predicted octanol–water partition coefficient (Wildman–Crippen LogP) is 4.94. The molecule has 166 valence electrons. The van der Waals surface area contributed by atoms with Crippen molar-refractivity contribution in [1.82, 2.24) is 4.98 Å². The third kappa shape index (κ3) is 4.01. The van der Waals surface area contributed by atoms with Crippen LogP contribution in [0.25, 0.3) is 22.2 Å². The van der Waals surface area contributed by atoms with Gasteiger partial charge in [0.25, 0.3) is 5.91 Å². The average molecular weight is 442 g/mol. The molecule has 1 aliphatic rings. The van der Waals surface area contributed by atoms with Gasteiger partial charge in [0.1, 0.15) is 24.7 Å². The van der Waals surface area contributed by atoms with Crippen LogP contribution in [0.4, 0.5) is 5.69 Å². The first-order valence-corrected chi connectivity index (χ1v) is 10.5. The highest BCUT2D eigenvalue weighted by Crippen LogP contribution is 2.35. The number of nitrogens with zero attached hydrogens (tertiary/aromatic N) is 1. The summed E-state index contributed by atoms with van der Waals surface area (Å²) in [5.41, 5.74) is 3.22. The minimum atomic E-state index is -0.251. The Kier molecular flexibility index (Phi) is 5.44. The summed E-state index contributed by atoms with van der Waals surface area (Å²) >= 11 is 0. The fraction of sp³-hybridized carbons (Fsp3) is 0.154. The lowest BCUT2D eigenvalue weighted by Gasteiger charge is -2.19. The van der Waals surface area contributed by atoms with E-state index in [1.54, 1.807) is 44.6 Å². The summed E-state index contributed by atoms with van der Waals surface area (Å²) in [6.45, 7) is 0.992. The van der Waals surface area contributed by atoms with Gasteiger partial charge in [-0.2, -0.15) is 0 Å². The second kappa shape index (κ2) is 8.70. The molecular formula is C26H22N2O5. The fourth-order valence-electron chi connectivity index (χ4n) is 3.83. The van der Waals surface area contributed by atoms with Crippen LogP contribution in [0.2, 0.25) is 0 Å². The molecule has 0 bridgehead atoms. The van der Waals surface area contributed by atoms with Gasteiger partial charge in [0.15, 0.2) is 11.5 Å². The summed E-state index contributed by atoms with van der Waals surface area (Å²) in [5, 5.41) is 3.73. The molecule has 5 rings (SSSR count).